The van der Waals surface area contributed by atoms with Gasteiger partial charge < -0.3 is 11.1 Å². The number of carbonyl (C=O) groups is 1. The minimum Gasteiger partial charge on any atom is -0.397 e. The third-order valence-corrected chi connectivity index (χ3v) is 4.93. The molecule has 0 aliphatic rings. The van der Waals surface area contributed by atoms with Gasteiger partial charge in [-0.1, -0.05) is 26.3 Å². The van der Waals surface area contributed by atoms with Crippen LogP contribution in [0.15, 0.2) is 18.2 Å². The Labute approximate surface area is 122 Å². The molecular formula is C15H19FN2OS. The summed E-state index contributed by atoms with van der Waals surface area (Å²) in [7, 11) is 0. The molecule has 0 saturated heterocycles. The summed E-state index contributed by atoms with van der Waals surface area (Å²) in [6.45, 7) is 6.13. The maximum Gasteiger partial charge on any atom is 0.263 e. The average molecular weight is 294 g/mol. The maximum atomic E-state index is 13.8. The molecule has 0 fully saturated rings. The van der Waals surface area contributed by atoms with Crippen molar-refractivity contribution >= 4 is 33.0 Å². The molecular weight excluding hydrogens is 275 g/mol. The van der Waals surface area contributed by atoms with Crippen molar-refractivity contribution in [3.8, 4) is 0 Å². The second-order valence-corrected chi connectivity index (χ2v) is 6.16. The number of amides is 1. The Morgan fingerprint density at radius 1 is 1.45 bits per heavy atom. The lowest BCUT2D eigenvalue weighted by Gasteiger charge is -2.19. The molecule has 0 spiro atoms. The largest absolute Gasteiger partial charge is 0.397 e. The predicted molar refractivity (Wildman–Crippen MR) is 82.6 cm³/mol. The molecule has 3 N–H and O–H groups in total. The summed E-state index contributed by atoms with van der Waals surface area (Å²) in [6.07, 6.45) is 0.984. The van der Waals surface area contributed by atoms with E-state index in [1.807, 2.05) is 6.92 Å². The Morgan fingerprint density at radius 3 is 2.75 bits per heavy atom. The van der Waals surface area contributed by atoms with Crippen LogP contribution in [0.1, 0.15) is 36.9 Å². The summed E-state index contributed by atoms with van der Waals surface area (Å²) in [5.41, 5.74) is 6.17. The molecule has 2 unspecified atom stereocenters. The first-order valence-electron chi connectivity index (χ1n) is 6.73. The summed E-state index contributed by atoms with van der Waals surface area (Å²) in [6, 6.07) is 4.81. The highest BCUT2D eigenvalue weighted by atomic mass is 32.1. The van der Waals surface area contributed by atoms with Gasteiger partial charge in [0.25, 0.3) is 5.91 Å². The molecule has 1 aromatic heterocycles. The number of halogens is 1. The van der Waals surface area contributed by atoms with Gasteiger partial charge in [0.15, 0.2) is 0 Å². The van der Waals surface area contributed by atoms with Crippen LogP contribution < -0.4 is 11.1 Å². The number of fused-ring (bicyclic) bond motifs is 1. The summed E-state index contributed by atoms with van der Waals surface area (Å²) >= 11 is 1.23. The van der Waals surface area contributed by atoms with Crippen LogP contribution >= 0.6 is 11.3 Å². The number of rotatable bonds is 4. The van der Waals surface area contributed by atoms with E-state index in [0.717, 1.165) is 6.42 Å². The van der Waals surface area contributed by atoms with E-state index in [0.29, 0.717) is 20.9 Å². The number of thiophene rings is 1. The lowest BCUT2D eigenvalue weighted by Crippen LogP contribution is -2.36. The molecule has 2 rings (SSSR count). The van der Waals surface area contributed by atoms with E-state index in [1.54, 1.807) is 12.1 Å². The fourth-order valence-electron chi connectivity index (χ4n) is 2.07. The molecule has 5 heteroatoms. The van der Waals surface area contributed by atoms with Gasteiger partial charge in [-0.3, -0.25) is 4.79 Å². The van der Waals surface area contributed by atoms with Crippen molar-refractivity contribution < 1.29 is 9.18 Å². The first-order chi connectivity index (χ1) is 9.45. The summed E-state index contributed by atoms with van der Waals surface area (Å²) in [5, 5.41) is 3.28. The van der Waals surface area contributed by atoms with E-state index in [4.69, 9.17) is 5.73 Å². The van der Waals surface area contributed by atoms with Crippen molar-refractivity contribution in [3.63, 3.8) is 0 Å². The second kappa shape index (κ2) is 5.79. The zero-order valence-corrected chi connectivity index (χ0v) is 12.7. The summed E-state index contributed by atoms with van der Waals surface area (Å²) in [5.74, 6) is -0.229. The fourth-order valence-corrected chi connectivity index (χ4v) is 3.11. The molecule has 0 bridgehead atoms. The number of hydrogen-bond donors (Lipinski definition) is 2. The minimum atomic E-state index is -0.384. The molecule has 1 heterocycles. The quantitative estimate of drug-likeness (QED) is 0.901. The molecule has 108 valence electrons. The topological polar surface area (TPSA) is 55.1 Å². The van der Waals surface area contributed by atoms with Crippen LogP contribution in [-0.4, -0.2) is 11.9 Å². The molecule has 0 saturated carbocycles. The van der Waals surface area contributed by atoms with Crippen LogP contribution in [0.4, 0.5) is 10.1 Å². The molecule has 20 heavy (non-hydrogen) atoms. The Hall–Kier alpha value is -1.62. The highest BCUT2D eigenvalue weighted by Gasteiger charge is 2.21. The number of nitrogens with one attached hydrogen (secondary N) is 1. The van der Waals surface area contributed by atoms with Crippen LogP contribution in [0.2, 0.25) is 0 Å². The van der Waals surface area contributed by atoms with E-state index < -0.39 is 0 Å². The van der Waals surface area contributed by atoms with Gasteiger partial charge >= 0.3 is 0 Å². The summed E-state index contributed by atoms with van der Waals surface area (Å²) in [4.78, 5) is 12.7. The molecule has 1 aromatic carbocycles. The third-order valence-electron chi connectivity index (χ3n) is 3.76. The number of nitrogen functional groups attached to an aromatic ring is 1. The lowest BCUT2D eigenvalue weighted by molar-refractivity contribution is 0.0933. The van der Waals surface area contributed by atoms with Crippen molar-refractivity contribution in [2.45, 2.75) is 33.2 Å². The van der Waals surface area contributed by atoms with Crippen molar-refractivity contribution in [3.05, 3.63) is 28.9 Å². The SMILES string of the molecule is CCC(C)C(C)NC(=O)c1sc2cccc(F)c2c1N. The zero-order chi connectivity index (χ0) is 14.9. The first-order valence-corrected chi connectivity index (χ1v) is 7.54. The highest BCUT2D eigenvalue weighted by molar-refractivity contribution is 7.21. The third kappa shape index (κ3) is 2.63. The monoisotopic (exact) mass is 294 g/mol. The van der Waals surface area contributed by atoms with Crippen LogP contribution in [0, 0.1) is 11.7 Å². The van der Waals surface area contributed by atoms with Crippen LogP contribution in [0.3, 0.4) is 0 Å². The van der Waals surface area contributed by atoms with E-state index >= 15 is 0 Å². The van der Waals surface area contributed by atoms with Crippen LogP contribution in [0.5, 0.6) is 0 Å². The number of anilines is 1. The Bertz CT molecular complexity index is 638. The second-order valence-electron chi connectivity index (χ2n) is 5.11. The normalized spacial score (nSPS) is 14.2. The molecule has 2 atom stereocenters. The van der Waals surface area contributed by atoms with E-state index in [1.165, 1.54) is 17.4 Å². The Balaban J connectivity index is 2.32. The fraction of sp³-hybridized carbons (Fsp3) is 0.400. The number of hydrogen-bond acceptors (Lipinski definition) is 3. The Morgan fingerprint density at radius 2 is 2.15 bits per heavy atom. The van der Waals surface area contributed by atoms with Crippen molar-refractivity contribution in [1.29, 1.82) is 0 Å². The lowest BCUT2D eigenvalue weighted by atomic mass is 10.0. The molecule has 0 aliphatic heterocycles. The minimum absolute atomic E-state index is 0.0574. The van der Waals surface area contributed by atoms with Gasteiger partial charge in [0.05, 0.1) is 11.1 Å². The standard InChI is InChI=1S/C15H19FN2OS/c1-4-8(2)9(3)18-15(19)14-13(17)12-10(16)6-5-7-11(12)20-14/h5-9H,4,17H2,1-3H3,(H,18,19). The van der Waals surface area contributed by atoms with Crippen LogP contribution in [-0.2, 0) is 0 Å². The molecule has 0 radical (unpaired) electrons. The van der Waals surface area contributed by atoms with Crippen molar-refractivity contribution in [2.24, 2.45) is 5.92 Å². The van der Waals surface area contributed by atoms with Gasteiger partial charge in [0, 0.05) is 10.7 Å². The number of carbonyl (C=O) groups excluding carboxylic acids is 1. The molecule has 1 amide bonds. The van der Waals surface area contributed by atoms with E-state index in [2.05, 4.69) is 19.2 Å². The smallest absolute Gasteiger partial charge is 0.263 e. The highest BCUT2D eigenvalue weighted by Crippen LogP contribution is 2.35. The number of benzene rings is 1. The van der Waals surface area contributed by atoms with Gasteiger partial charge in [-0.2, -0.15) is 0 Å². The van der Waals surface area contributed by atoms with Gasteiger partial charge in [-0.15, -0.1) is 11.3 Å². The molecule has 3 nitrogen and oxygen atoms in total. The Kier molecular flexibility index (Phi) is 4.28. The van der Waals surface area contributed by atoms with E-state index in [9.17, 15) is 9.18 Å². The van der Waals surface area contributed by atoms with Gasteiger partial charge in [0.1, 0.15) is 10.7 Å². The molecule has 0 aliphatic carbocycles. The van der Waals surface area contributed by atoms with Gasteiger partial charge in [-0.25, -0.2) is 4.39 Å². The van der Waals surface area contributed by atoms with Crippen LogP contribution in [0.25, 0.3) is 10.1 Å². The maximum absolute atomic E-state index is 13.8. The first kappa shape index (κ1) is 14.8. The predicted octanol–water partition coefficient (Wildman–Crippen LogP) is 3.79. The van der Waals surface area contributed by atoms with Crippen molar-refractivity contribution in [1.82, 2.24) is 5.32 Å². The number of nitrogens with two attached hydrogens (primary N) is 1. The zero-order valence-electron chi connectivity index (χ0n) is 11.9. The van der Waals surface area contributed by atoms with Gasteiger partial charge in [0.2, 0.25) is 0 Å². The van der Waals surface area contributed by atoms with E-state index in [-0.39, 0.29) is 23.5 Å². The van der Waals surface area contributed by atoms with Crippen molar-refractivity contribution in [2.75, 3.05) is 5.73 Å². The summed E-state index contributed by atoms with van der Waals surface area (Å²) < 4.78 is 14.5. The van der Waals surface area contributed by atoms with Gasteiger partial charge in [-0.05, 0) is 25.0 Å². The molecule has 2 aromatic rings. The average Bonchev–Trinajstić information content (AvgIpc) is 2.76.